The summed E-state index contributed by atoms with van der Waals surface area (Å²) in [5.74, 6) is 0. The quantitative estimate of drug-likeness (QED) is 0.669. The summed E-state index contributed by atoms with van der Waals surface area (Å²) in [6.45, 7) is 0.927. The molecule has 4 nitrogen and oxygen atoms in total. The van der Waals surface area contributed by atoms with Crippen molar-refractivity contribution < 1.29 is 13.2 Å². The maximum Gasteiger partial charge on any atom is 0.264 e. The molecule has 0 spiro atoms. The number of epoxide rings is 1. The van der Waals surface area contributed by atoms with E-state index in [9.17, 15) is 8.42 Å². The number of benzene rings is 3. The molecule has 4 rings (SSSR count). The van der Waals surface area contributed by atoms with Crippen LogP contribution in [0.15, 0.2) is 77.7 Å². The van der Waals surface area contributed by atoms with Crippen molar-refractivity contribution >= 4 is 26.5 Å². The van der Waals surface area contributed by atoms with Gasteiger partial charge in [-0.05, 0) is 23.6 Å². The highest BCUT2D eigenvalue weighted by Crippen LogP contribution is 2.32. The normalized spacial score (nSPS) is 16.9. The van der Waals surface area contributed by atoms with E-state index in [2.05, 4.69) is 0 Å². The van der Waals surface area contributed by atoms with Gasteiger partial charge in [0.05, 0.1) is 29.8 Å². The lowest BCUT2D eigenvalue weighted by Crippen LogP contribution is -2.34. The first-order valence-corrected chi connectivity index (χ1v) is 9.27. The Hall–Kier alpha value is -2.37. The smallest absolute Gasteiger partial charge is 0.264 e. The van der Waals surface area contributed by atoms with Crippen molar-refractivity contribution in [2.45, 2.75) is 11.0 Å². The van der Waals surface area contributed by atoms with Crippen molar-refractivity contribution in [3.05, 3.63) is 72.8 Å². The van der Waals surface area contributed by atoms with Gasteiger partial charge in [-0.15, -0.1) is 0 Å². The van der Waals surface area contributed by atoms with E-state index >= 15 is 0 Å². The summed E-state index contributed by atoms with van der Waals surface area (Å²) in [5, 5.41) is 1.93. The van der Waals surface area contributed by atoms with E-state index in [1.807, 2.05) is 48.5 Å². The van der Waals surface area contributed by atoms with Crippen molar-refractivity contribution in [2.75, 3.05) is 17.5 Å². The number of anilines is 1. The number of fused-ring (bicyclic) bond motifs is 1. The van der Waals surface area contributed by atoms with Crippen molar-refractivity contribution in [1.29, 1.82) is 0 Å². The topological polar surface area (TPSA) is 49.9 Å². The predicted octanol–water partition coefficient (Wildman–Crippen LogP) is 3.43. The summed E-state index contributed by atoms with van der Waals surface area (Å²) in [4.78, 5) is 0.290. The largest absolute Gasteiger partial charge is 0.371 e. The van der Waals surface area contributed by atoms with Crippen LogP contribution in [0, 0.1) is 0 Å². The van der Waals surface area contributed by atoms with E-state index in [0.717, 1.165) is 10.8 Å². The molecule has 3 aromatic rings. The zero-order valence-corrected chi connectivity index (χ0v) is 13.8. The molecule has 1 heterocycles. The van der Waals surface area contributed by atoms with Crippen molar-refractivity contribution in [3.8, 4) is 0 Å². The van der Waals surface area contributed by atoms with Gasteiger partial charge in [-0.2, -0.15) is 0 Å². The van der Waals surface area contributed by atoms with Crippen LogP contribution >= 0.6 is 0 Å². The van der Waals surface area contributed by atoms with Crippen molar-refractivity contribution in [3.63, 3.8) is 0 Å². The monoisotopic (exact) mass is 339 g/mol. The Morgan fingerprint density at radius 3 is 2.33 bits per heavy atom. The van der Waals surface area contributed by atoms with E-state index < -0.39 is 10.0 Å². The molecule has 1 fully saturated rings. The first-order valence-electron chi connectivity index (χ1n) is 7.83. The highest BCUT2D eigenvalue weighted by Gasteiger charge is 2.33. The minimum absolute atomic E-state index is 0.0394. The van der Waals surface area contributed by atoms with Crippen molar-refractivity contribution in [2.24, 2.45) is 0 Å². The Balaban J connectivity index is 1.88. The van der Waals surface area contributed by atoms with E-state index in [1.54, 1.807) is 24.3 Å². The number of ether oxygens (including phenoxy) is 1. The molecular weight excluding hydrogens is 322 g/mol. The molecule has 0 aliphatic carbocycles. The van der Waals surface area contributed by atoms with E-state index in [0.29, 0.717) is 23.7 Å². The fraction of sp³-hybridized carbons (Fsp3) is 0.158. The molecule has 1 saturated heterocycles. The Bertz CT molecular complexity index is 961. The molecule has 5 heteroatoms. The fourth-order valence-electron chi connectivity index (χ4n) is 2.83. The maximum atomic E-state index is 13.2. The predicted molar refractivity (Wildman–Crippen MR) is 94.7 cm³/mol. The highest BCUT2D eigenvalue weighted by atomic mass is 32.2. The first kappa shape index (κ1) is 15.2. The van der Waals surface area contributed by atoms with Gasteiger partial charge in [0.25, 0.3) is 10.0 Å². The minimum Gasteiger partial charge on any atom is -0.371 e. The van der Waals surface area contributed by atoms with Gasteiger partial charge in [-0.3, -0.25) is 4.31 Å². The third-order valence-electron chi connectivity index (χ3n) is 4.14. The van der Waals surface area contributed by atoms with Crippen LogP contribution in [0.4, 0.5) is 5.69 Å². The van der Waals surface area contributed by atoms with Crippen LogP contribution in [0.1, 0.15) is 0 Å². The zero-order valence-electron chi connectivity index (χ0n) is 13.0. The second-order valence-electron chi connectivity index (χ2n) is 5.80. The number of sulfonamides is 1. The second-order valence-corrected chi connectivity index (χ2v) is 7.67. The molecule has 0 amide bonds. The Labute approximate surface area is 141 Å². The summed E-state index contributed by atoms with van der Waals surface area (Å²) < 4.78 is 33.2. The number of nitrogens with zero attached hydrogens (tertiary/aromatic N) is 1. The molecule has 122 valence electrons. The molecule has 0 bridgehead atoms. The molecule has 0 unspecified atom stereocenters. The average Bonchev–Trinajstić information content (AvgIpc) is 3.44. The molecule has 1 aliphatic rings. The lowest BCUT2D eigenvalue weighted by atomic mass is 10.1. The molecule has 0 N–H and O–H groups in total. The van der Waals surface area contributed by atoms with E-state index in [-0.39, 0.29) is 6.10 Å². The van der Waals surface area contributed by atoms with Crippen LogP contribution in [0.2, 0.25) is 0 Å². The summed E-state index contributed by atoms with van der Waals surface area (Å²) in [6.07, 6.45) is -0.0394. The van der Waals surface area contributed by atoms with Crippen LogP contribution in [-0.2, 0) is 14.8 Å². The molecule has 1 aliphatic heterocycles. The molecule has 0 saturated carbocycles. The third-order valence-corrected chi connectivity index (χ3v) is 5.93. The summed E-state index contributed by atoms with van der Waals surface area (Å²) in [7, 11) is -3.65. The summed E-state index contributed by atoms with van der Waals surface area (Å²) in [5.41, 5.74) is 0.687. The lowest BCUT2D eigenvalue weighted by Gasteiger charge is -2.25. The maximum absolute atomic E-state index is 13.2. The minimum atomic E-state index is -3.65. The number of hydrogen-bond donors (Lipinski definition) is 0. The van der Waals surface area contributed by atoms with Crippen LogP contribution in [-0.4, -0.2) is 27.7 Å². The molecule has 0 radical (unpaired) electrons. The van der Waals surface area contributed by atoms with Crippen LogP contribution in [0.5, 0.6) is 0 Å². The fourth-order valence-corrected chi connectivity index (χ4v) is 4.37. The van der Waals surface area contributed by atoms with Gasteiger partial charge >= 0.3 is 0 Å². The summed E-state index contributed by atoms with van der Waals surface area (Å²) >= 11 is 0. The van der Waals surface area contributed by atoms with Crippen molar-refractivity contribution in [1.82, 2.24) is 0 Å². The average molecular weight is 339 g/mol. The second kappa shape index (κ2) is 5.92. The lowest BCUT2D eigenvalue weighted by molar-refractivity contribution is 0.412. The van der Waals surface area contributed by atoms with Gasteiger partial charge in [-0.25, -0.2) is 8.42 Å². The Kier molecular flexibility index (Phi) is 3.75. The van der Waals surface area contributed by atoms with Gasteiger partial charge in [0.2, 0.25) is 0 Å². The van der Waals surface area contributed by atoms with Gasteiger partial charge in [0.1, 0.15) is 0 Å². The van der Waals surface area contributed by atoms with Gasteiger partial charge in [-0.1, -0.05) is 54.6 Å². The van der Waals surface area contributed by atoms with Crippen LogP contribution < -0.4 is 4.31 Å². The number of hydrogen-bond acceptors (Lipinski definition) is 3. The van der Waals surface area contributed by atoms with Gasteiger partial charge < -0.3 is 4.74 Å². The van der Waals surface area contributed by atoms with E-state index in [1.165, 1.54) is 4.31 Å². The molecule has 3 aromatic carbocycles. The van der Waals surface area contributed by atoms with Gasteiger partial charge in [0, 0.05) is 5.39 Å². The Morgan fingerprint density at radius 1 is 0.917 bits per heavy atom. The first-order chi connectivity index (χ1) is 11.7. The van der Waals surface area contributed by atoms with Gasteiger partial charge in [0.15, 0.2) is 0 Å². The third kappa shape index (κ3) is 2.77. The number of rotatable bonds is 5. The highest BCUT2D eigenvalue weighted by molar-refractivity contribution is 7.92. The SMILES string of the molecule is O=S(=O)(c1ccccc1)N(C[C@@H]1CO1)c1cccc2ccccc12. The molecular formula is C19H17NO3S. The molecule has 0 aromatic heterocycles. The van der Waals surface area contributed by atoms with Crippen LogP contribution in [0.3, 0.4) is 0 Å². The summed E-state index contributed by atoms with van der Waals surface area (Å²) in [6, 6.07) is 22.1. The zero-order chi connectivity index (χ0) is 16.6. The van der Waals surface area contributed by atoms with E-state index in [4.69, 9.17) is 4.74 Å². The molecule has 24 heavy (non-hydrogen) atoms. The standard InChI is InChI=1S/C19H17NO3S/c21-24(22,17-9-2-1-3-10-17)20(13-16-14-23-16)19-12-6-8-15-7-4-5-11-18(15)19/h1-12,16H,13-14H2/t16-/m1/s1. The Morgan fingerprint density at radius 2 is 1.58 bits per heavy atom. The molecule has 1 atom stereocenters. The van der Waals surface area contributed by atoms with Crippen LogP contribution in [0.25, 0.3) is 10.8 Å².